The van der Waals surface area contributed by atoms with Gasteiger partial charge in [0.1, 0.15) is 0 Å². The summed E-state index contributed by atoms with van der Waals surface area (Å²) in [5.74, 6) is 0. The van der Waals surface area contributed by atoms with Crippen molar-refractivity contribution >= 4 is 18.4 Å². The summed E-state index contributed by atoms with van der Waals surface area (Å²) in [6.45, 7) is 3.41. The van der Waals surface area contributed by atoms with Gasteiger partial charge in [0.15, 0.2) is 7.28 Å². The lowest BCUT2D eigenvalue weighted by molar-refractivity contribution is 0.957. The molecule has 0 spiro atoms. The molecule has 2 rings (SSSR count). The minimum Gasteiger partial charge on any atom is -0.374 e. The molecule has 1 aliphatic rings. The van der Waals surface area contributed by atoms with E-state index in [4.69, 9.17) is 0 Å². The quantitative estimate of drug-likeness (QED) is 0.547. The fourth-order valence-electron chi connectivity index (χ4n) is 2.02. The molecule has 1 heterocycles. The molecule has 2 heteroatoms. The number of fused-ring (bicyclic) bond motifs is 1. The van der Waals surface area contributed by atoms with Gasteiger partial charge in [0.05, 0.1) is 0 Å². The van der Waals surface area contributed by atoms with Crippen molar-refractivity contribution in [2.75, 3.05) is 18.5 Å². The topological polar surface area (TPSA) is 3.24 Å². The van der Waals surface area contributed by atoms with Crippen LogP contribution in [0.15, 0.2) is 18.2 Å². The van der Waals surface area contributed by atoms with Crippen molar-refractivity contribution in [3.8, 4) is 0 Å². The van der Waals surface area contributed by atoms with E-state index < -0.39 is 0 Å². The van der Waals surface area contributed by atoms with Crippen LogP contribution in [0, 0.1) is 0 Å². The smallest absolute Gasteiger partial charge is 0.157 e. The van der Waals surface area contributed by atoms with Crippen LogP contribution in [0.1, 0.15) is 5.56 Å². The van der Waals surface area contributed by atoms with E-state index >= 15 is 0 Å². The number of benzene rings is 1. The normalized spacial score (nSPS) is 14.7. The number of nitrogens with zero attached hydrogens (tertiary/aromatic N) is 1. The Bertz CT molecular complexity index is 296. The zero-order valence-corrected chi connectivity index (χ0v) is 7.80. The molecule has 0 fully saturated rings. The van der Waals surface area contributed by atoms with E-state index in [0.717, 1.165) is 7.28 Å². The summed E-state index contributed by atoms with van der Waals surface area (Å²) < 4.78 is 0. The zero-order chi connectivity index (χ0) is 8.55. The van der Waals surface area contributed by atoms with E-state index in [1.54, 1.807) is 0 Å². The Kier molecular flexibility index (Phi) is 1.83. The van der Waals surface area contributed by atoms with E-state index in [9.17, 15) is 0 Å². The van der Waals surface area contributed by atoms with Gasteiger partial charge in [-0.25, -0.2) is 0 Å². The maximum Gasteiger partial charge on any atom is 0.157 e. The highest BCUT2D eigenvalue weighted by molar-refractivity contribution is 6.54. The Balaban J connectivity index is 2.53. The number of likely N-dealkylation sites (N-methyl/N-ethyl adjacent to an activating group) is 1. The van der Waals surface area contributed by atoms with Crippen molar-refractivity contribution in [3.63, 3.8) is 0 Å². The average molecular weight is 159 g/mol. The van der Waals surface area contributed by atoms with Crippen LogP contribution in [0.25, 0.3) is 0 Å². The van der Waals surface area contributed by atoms with Crippen LogP contribution in [0.4, 0.5) is 5.69 Å². The largest absolute Gasteiger partial charge is 0.374 e. The second kappa shape index (κ2) is 2.85. The minimum absolute atomic E-state index is 1.15. The first kappa shape index (κ1) is 7.72. The van der Waals surface area contributed by atoms with Crippen LogP contribution in [0.2, 0.25) is 6.82 Å². The lowest BCUT2D eigenvalue weighted by Crippen LogP contribution is -2.22. The Morgan fingerprint density at radius 3 is 3.00 bits per heavy atom. The molecule has 12 heavy (non-hydrogen) atoms. The van der Waals surface area contributed by atoms with E-state index in [1.165, 1.54) is 29.7 Å². The van der Waals surface area contributed by atoms with Gasteiger partial charge in [0.25, 0.3) is 0 Å². The number of rotatable bonds is 1. The summed E-state index contributed by atoms with van der Waals surface area (Å²) in [6, 6.07) is 6.66. The summed E-state index contributed by atoms with van der Waals surface area (Å²) in [5.41, 5.74) is 4.50. The van der Waals surface area contributed by atoms with E-state index in [1.807, 2.05) is 0 Å². The van der Waals surface area contributed by atoms with Crippen LogP contribution < -0.4 is 10.4 Å². The van der Waals surface area contributed by atoms with E-state index in [2.05, 4.69) is 37.0 Å². The second-order valence-electron chi connectivity index (χ2n) is 3.45. The van der Waals surface area contributed by atoms with Crippen molar-refractivity contribution < 1.29 is 0 Å². The lowest BCUT2D eigenvalue weighted by atomic mass is 9.72. The second-order valence-corrected chi connectivity index (χ2v) is 3.45. The Labute approximate surface area is 74.6 Å². The number of para-hydroxylation sites is 1. The summed E-state index contributed by atoms with van der Waals surface area (Å²) in [5, 5.41) is 0. The van der Waals surface area contributed by atoms with Crippen LogP contribution >= 0.6 is 0 Å². The van der Waals surface area contributed by atoms with Crippen molar-refractivity contribution in [1.82, 2.24) is 0 Å². The summed E-state index contributed by atoms with van der Waals surface area (Å²) >= 11 is 0. The van der Waals surface area contributed by atoms with Gasteiger partial charge in [0, 0.05) is 19.3 Å². The highest BCUT2D eigenvalue weighted by Gasteiger charge is 2.17. The van der Waals surface area contributed by atoms with Gasteiger partial charge < -0.3 is 4.90 Å². The van der Waals surface area contributed by atoms with Crippen molar-refractivity contribution in [1.29, 1.82) is 0 Å². The Morgan fingerprint density at radius 1 is 1.42 bits per heavy atom. The predicted molar refractivity (Wildman–Crippen MR) is 56.1 cm³/mol. The average Bonchev–Trinajstić information content (AvgIpc) is 2.48. The SMILES string of the molecule is CBc1cccc2c1N(C)CC2. The van der Waals surface area contributed by atoms with Crippen LogP contribution in [-0.4, -0.2) is 20.9 Å². The van der Waals surface area contributed by atoms with Gasteiger partial charge in [-0.3, -0.25) is 0 Å². The van der Waals surface area contributed by atoms with Gasteiger partial charge in [0.2, 0.25) is 0 Å². The van der Waals surface area contributed by atoms with E-state index in [-0.39, 0.29) is 0 Å². The van der Waals surface area contributed by atoms with Crippen molar-refractivity contribution in [2.45, 2.75) is 13.2 Å². The highest BCUT2D eigenvalue weighted by Crippen LogP contribution is 2.23. The molecular weight excluding hydrogens is 145 g/mol. The highest BCUT2D eigenvalue weighted by atomic mass is 15.1. The van der Waals surface area contributed by atoms with Crippen molar-refractivity contribution in [3.05, 3.63) is 23.8 Å². The van der Waals surface area contributed by atoms with Gasteiger partial charge in [-0.15, -0.1) is 0 Å². The molecule has 1 aliphatic heterocycles. The molecule has 0 atom stereocenters. The minimum atomic E-state index is 1.15. The summed E-state index contributed by atoms with van der Waals surface area (Å²) in [6.07, 6.45) is 1.22. The molecule has 0 radical (unpaired) electrons. The monoisotopic (exact) mass is 159 g/mol. The molecule has 62 valence electrons. The Morgan fingerprint density at radius 2 is 2.25 bits per heavy atom. The molecule has 0 bridgehead atoms. The van der Waals surface area contributed by atoms with Gasteiger partial charge in [-0.2, -0.15) is 0 Å². The van der Waals surface area contributed by atoms with Crippen LogP contribution in [0.3, 0.4) is 0 Å². The molecule has 0 unspecified atom stereocenters. The first-order chi connectivity index (χ1) is 5.83. The summed E-state index contributed by atoms with van der Waals surface area (Å²) in [4.78, 5) is 2.37. The van der Waals surface area contributed by atoms with E-state index in [0.29, 0.717) is 0 Å². The number of hydrogen-bond donors (Lipinski definition) is 0. The maximum absolute atomic E-state index is 2.37. The van der Waals surface area contributed by atoms with Gasteiger partial charge in [-0.1, -0.05) is 30.5 Å². The summed E-state index contributed by atoms with van der Waals surface area (Å²) in [7, 11) is 3.33. The Hall–Kier alpha value is -0.915. The van der Waals surface area contributed by atoms with Gasteiger partial charge >= 0.3 is 0 Å². The predicted octanol–water partition coefficient (Wildman–Crippen LogP) is 0.789. The lowest BCUT2D eigenvalue weighted by Gasteiger charge is -2.15. The third kappa shape index (κ3) is 1.02. The first-order valence-electron chi connectivity index (χ1n) is 4.65. The molecule has 0 amide bonds. The maximum atomic E-state index is 2.37. The standard InChI is InChI=1S/C10H14BN/c1-11-9-5-3-4-8-6-7-12(2)10(8)9/h3-5,11H,6-7H2,1-2H3. The number of hydrogen-bond acceptors (Lipinski definition) is 1. The molecule has 1 aromatic rings. The molecule has 0 aromatic heterocycles. The van der Waals surface area contributed by atoms with Crippen molar-refractivity contribution in [2.24, 2.45) is 0 Å². The third-order valence-corrected chi connectivity index (χ3v) is 2.68. The molecule has 1 aromatic carbocycles. The first-order valence-corrected chi connectivity index (χ1v) is 4.65. The molecule has 1 nitrogen and oxygen atoms in total. The zero-order valence-electron chi connectivity index (χ0n) is 7.80. The third-order valence-electron chi connectivity index (χ3n) is 2.68. The number of anilines is 1. The molecule has 0 saturated heterocycles. The molecule has 0 N–H and O–H groups in total. The molecule has 0 saturated carbocycles. The molecule has 0 aliphatic carbocycles. The van der Waals surface area contributed by atoms with Gasteiger partial charge in [-0.05, 0) is 12.0 Å². The van der Waals surface area contributed by atoms with Crippen LogP contribution in [0.5, 0.6) is 0 Å². The fraction of sp³-hybridized carbons (Fsp3) is 0.400. The fourth-order valence-corrected chi connectivity index (χ4v) is 2.02. The van der Waals surface area contributed by atoms with Crippen LogP contribution in [-0.2, 0) is 6.42 Å². The molecular formula is C10H14BN.